The van der Waals surface area contributed by atoms with E-state index in [9.17, 15) is 14.4 Å². The monoisotopic (exact) mass is 481 g/mol. The van der Waals surface area contributed by atoms with Gasteiger partial charge in [-0.25, -0.2) is 4.79 Å². The van der Waals surface area contributed by atoms with Gasteiger partial charge in [-0.3, -0.25) is 9.59 Å². The Labute approximate surface area is 203 Å². The van der Waals surface area contributed by atoms with Crippen molar-refractivity contribution >= 4 is 23.7 Å². The first-order chi connectivity index (χ1) is 16.3. The highest BCUT2D eigenvalue weighted by molar-refractivity contribution is 5.91. The maximum absolute atomic E-state index is 13.4. The summed E-state index contributed by atoms with van der Waals surface area (Å²) in [5.74, 6) is 0.663. The number of oxime groups is 1. The van der Waals surface area contributed by atoms with Gasteiger partial charge >= 0.3 is 6.09 Å². The molecule has 1 heterocycles. The third-order valence-electron chi connectivity index (χ3n) is 7.37. The molecule has 0 radical (unpaired) electrons. The van der Waals surface area contributed by atoms with Crippen molar-refractivity contribution < 1.29 is 24.3 Å². The molecule has 2 atom stereocenters. The molecular formula is C24H43N5O5. The number of ether oxygens (including phenoxy) is 1. The maximum Gasteiger partial charge on any atom is 0.407 e. The molecule has 1 saturated heterocycles. The molecule has 0 spiro atoms. The summed E-state index contributed by atoms with van der Waals surface area (Å²) in [6.45, 7) is 7.16. The van der Waals surface area contributed by atoms with Crippen molar-refractivity contribution in [3.05, 3.63) is 0 Å². The van der Waals surface area contributed by atoms with E-state index in [0.717, 1.165) is 44.9 Å². The Hall–Kier alpha value is -2.52. The van der Waals surface area contributed by atoms with E-state index in [2.05, 4.69) is 29.6 Å². The van der Waals surface area contributed by atoms with Crippen molar-refractivity contribution in [1.29, 1.82) is 0 Å². The molecule has 10 heteroatoms. The summed E-state index contributed by atoms with van der Waals surface area (Å²) in [5, 5.41) is 17.7. The van der Waals surface area contributed by atoms with E-state index in [4.69, 9.17) is 15.7 Å². The smallest absolute Gasteiger partial charge is 0.407 e. The standard InChI is InChI=1S/C24H43N5O5/c1-4-16(5-2)14-19(27-24(32)34-6-3)23(31)29-13-7-8-20(29)22(30)26-15-17-9-11-18(12-10-17)21(25)28-33/h16-20,33H,4-15H2,1-3H3,(H2,25,28)(H,26,30)(H,27,32)/t17?,18?,19-,20+/m1/s1. The zero-order chi connectivity index (χ0) is 25.1. The predicted octanol–water partition coefficient (Wildman–Crippen LogP) is 2.59. The lowest BCUT2D eigenvalue weighted by atomic mass is 9.81. The van der Waals surface area contributed by atoms with Crippen LogP contribution in [0.25, 0.3) is 0 Å². The fraction of sp³-hybridized carbons (Fsp3) is 0.833. The minimum atomic E-state index is -0.703. The Morgan fingerprint density at radius 2 is 1.79 bits per heavy atom. The minimum absolute atomic E-state index is 0.0961. The van der Waals surface area contributed by atoms with Gasteiger partial charge in [-0.15, -0.1) is 0 Å². The summed E-state index contributed by atoms with van der Waals surface area (Å²) in [5.41, 5.74) is 5.72. The average Bonchev–Trinajstić information content (AvgIpc) is 3.34. The van der Waals surface area contributed by atoms with Crippen LogP contribution in [-0.2, 0) is 14.3 Å². The highest BCUT2D eigenvalue weighted by atomic mass is 16.5. The molecule has 34 heavy (non-hydrogen) atoms. The molecular weight excluding hydrogens is 438 g/mol. The lowest BCUT2D eigenvalue weighted by Gasteiger charge is -2.31. The van der Waals surface area contributed by atoms with Gasteiger partial charge in [-0.05, 0) is 63.7 Å². The Kier molecular flexibility index (Phi) is 11.4. The van der Waals surface area contributed by atoms with Crippen molar-refractivity contribution in [2.45, 2.75) is 90.6 Å². The second-order valence-electron chi connectivity index (χ2n) is 9.51. The van der Waals surface area contributed by atoms with Crippen molar-refractivity contribution in [3.8, 4) is 0 Å². The molecule has 2 aliphatic rings. The third-order valence-corrected chi connectivity index (χ3v) is 7.37. The van der Waals surface area contributed by atoms with Gasteiger partial charge in [0.15, 0.2) is 0 Å². The number of nitrogens with zero attached hydrogens (tertiary/aromatic N) is 2. The van der Waals surface area contributed by atoms with Crippen LogP contribution >= 0.6 is 0 Å². The van der Waals surface area contributed by atoms with Gasteiger partial charge in [0.1, 0.15) is 17.9 Å². The predicted molar refractivity (Wildman–Crippen MR) is 129 cm³/mol. The van der Waals surface area contributed by atoms with Gasteiger partial charge in [-0.1, -0.05) is 31.8 Å². The average molecular weight is 482 g/mol. The van der Waals surface area contributed by atoms with Gasteiger partial charge in [0.2, 0.25) is 11.8 Å². The number of nitrogens with one attached hydrogen (secondary N) is 2. The van der Waals surface area contributed by atoms with Crippen LogP contribution in [-0.4, -0.2) is 65.6 Å². The van der Waals surface area contributed by atoms with Gasteiger partial charge in [-0.2, -0.15) is 0 Å². The number of amidine groups is 1. The summed E-state index contributed by atoms with van der Waals surface area (Å²) in [7, 11) is 0. The van der Waals surface area contributed by atoms with Gasteiger partial charge in [0, 0.05) is 19.0 Å². The summed E-state index contributed by atoms with van der Waals surface area (Å²) in [4.78, 5) is 40.2. The SMILES string of the molecule is CCOC(=O)N[C@H](CC(CC)CC)C(=O)N1CCC[C@H]1C(=O)NCC1CCC(C(N)=NO)CC1. The summed E-state index contributed by atoms with van der Waals surface area (Å²) < 4.78 is 5.01. The van der Waals surface area contributed by atoms with Crippen LogP contribution in [0.3, 0.4) is 0 Å². The first-order valence-electron chi connectivity index (χ1n) is 12.8. The number of amides is 3. The largest absolute Gasteiger partial charge is 0.450 e. The molecule has 0 aromatic carbocycles. The number of carbonyl (C=O) groups is 3. The van der Waals surface area contributed by atoms with Crippen molar-refractivity contribution in [2.75, 3.05) is 19.7 Å². The van der Waals surface area contributed by atoms with Crippen LogP contribution in [0.4, 0.5) is 4.79 Å². The van der Waals surface area contributed by atoms with Crippen LogP contribution in [0.5, 0.6) is 0 Å². The summed E-state index contributed by atoms with van der Waals surface area (Å²) in [6.07, 6.45) is 6.58. The van der Waals surface area contributed by atoms with E-state index < -0.39 is 18.2 Å². The number of nitrogens with two attached hydrogens (primary N) is 1. The van der Waals surface area contributed by atoms with Gasteiger partial charge in [0.05, 0.1) is 6.61 Å². The number of hydrogen-bond donors (Lipinski definition) is 4. The molecule has 1 saturated carbocycles. The maximum atomic E-state index is 13.4. The van der Waals surface area contributed by atoms with Crippen LogP contribution in [0.15, 0.2) is 5.16 Å². The number of alkyl carbamates (subject to hydrolysis) is 1. The Balaban J connectivity index is 1.95. The van der Waals surface area contributed by atoms with Crippen LogP contribution in [0.2, 0.25) is 0 Å². The molecule has 0 unspecified atom stereocenters. The number of hydrogen-bond acceptors (Lipinski definition) is 6. The highest BCUT2D eigenvalue weighted by Crippen LogP contribution is 2.29. The fourth-order valence-electron chi connectivity index (χ4n) is 5.10. The third kappa shape index (κ3) is 7.77. The lowest BCUT2D eigenvalue weighted by Crippen LogP contribution is -2.54. The van der Waals surface area contributed by atoms with Crippen LogP contribution in [0.1, 0.15) is 78.6 Å². The van der Waals surface area contributed by atoms with E-state index in [-0.39, 0.29) is 30.2 Å². The quantitative estimate of drug-likeness (QED) is 0.154. The van der Waals surface area contributed by atoms with E-state index in [0.29, 0.717) is 37.8 Å². The highest BCUT2D eigenvalue weighted by Gasteiger charge is 2.38. The Morgan fingerprint density at radius 1 is 1.12 bits per heavy atom. The number of carbonyl (C=O) groups excluding carboxylic acids is 3. The first-order valence-corrected chi connectivity index (χ1v) is 12.8. The second-order valence-corrected chi connectivity index (χ2v) is 9.51. The summed E-state index contributed by atoms with van der Waals surface area (Å²) in [6, 6.07) is -1.22. The van der Waals surface area contributed by atoms with E-state index in [1.54, 1.807) is 11.8 Å². The van der Waals surface area contributed by atoms with E-state index in [1.165, 1.54) is 0 Å². The van der Waals surface area contributed by atoms with E-state index >= 15 is 0 Å². The molecule has 0 bridgehead atoms. The van der Waals surface area contributed by atoms with Gasteiger partial charge < -0.3 is 31.2 Å². The molecule has 194 valence electrons. The lowest BCUT2D eigenvalue weighted by molar-refractivity contribution is -0.140. The van der Waals surface area contributed by atoms with Crippen molar-refractivity contribution in [2.24, 2.45) is 28.6 Å². The second kappa shape index (κ2) is 14.0. The van der Waals surface area contributed by atoms with E-state index in [1.807, 2.05) is 0 Å². The Morgan fingerprint density at radius 3 is 2.38 bits per heavy atom. The molecule has 5 N–H and O–H groups in total. The molecule has 2 fully saturated rings. The van der Waals surface area contributed by atoms with Crippen LogP contribution in [0, 0.1) is 17.8 Å². The molecule has 0 aromatic heterocycles. The molecule has 3 amide bonds. The molecule has 10 nitrogen and oxygen atoms in total. The molecule has 1 aliphatic carbocycles. The zero-order valence-corrected chi connectivity index (χ0v) is 20.9. The Bertz CT molecular complexity index is 704. The topological polar surface area (TPSA) is 146 Å². The minimum Gasteiger partial charge on any atom is -0.450 e. The van der Waals surface area contributed by atoms with Crippen molar-refractivity contribution in [1.82, 2.24) is 15.5 Å². The summed E-state index contributed by atoms with van der Waals surface area (Å²) >= 11 is 0. The zero-order valence-electron chi connectivity index (χ0n) is 20.9. The molecule has 1 aliphatic heterocycles. The van der Waals surface area contributed by atoms with Crippen LogP contribution < -0.4 is 16.4 Å². The van der Waals surface area contributed by atoms with Crippen molar-refractivity contribution in [3.63, 3.8) is 0 Å². The molecule has 2 rings (SSSR count). The number of rotatable bonds is 11. The first kappa shape index (κ1) is 27.7. The number of likely N-dealkylation sites (tertiary alicyclic amines) is 1. The van der Waals surface area contributed by atoms with Gasteiger partial charge in [0.25, 0.3) is 0 Å². The fourth-order valence-corrected chi connectivity index (χ4v) is 5.10. The normalized spacial score (nSPS) is 24.1. The molecule has 0 aromatic rings.